The van der Waals surface area contributed by atoms with Crippen molar-refractivity contribution in [3.8, 4) is 5.75 Å². The average molecular weight is 519 g/mol. The van der Waals surface area contributed by atoms with E-state index in [1.165, 1.54) is 4.90 Å². The maximum atomic E-state index is 13.4. The maximum absolute atomic E-state index is 13.4. The van der Waals surface area contributed by atoms with Gasteiger partial charge in [0.25, 0.3) is 11.7 Å². The van der Waals surface area contributed by atoms with Crippen LogP contribution in [0.15, 0.2) is 78.4 Å². The lowest BCUT2D eigenvalue weighted by Gasteiger charge is -2.27. The average Bonchev–Trinajstić information content (AvgIpc) is 3.15. The minimum absolute atomic E-state index is 0.0252. The van der Waals surface area contributed by atoms with Crippen LogP contribution in [0, 0.1) is 0 Å². The van der Waals surface area contributed by atoms with E-state index in [1.807, 2.05) is 38.1 Å². The molecule has 6 nitrogen and oxygen atoms in total. The lowest BCUT2D eigenvalue weighted by Crippen LogP contribution is -2.29. The first-order valence-electron chi connectivity index (χ1n) is 12.4. The van der Waals surface area contributed by atoms with Gasteiger partial charge < -0.3 is 14.7 Å². The van der Waals surface area contributed by atoms with Crippen molar-refractivity contribution in [1.29, 1.82) is 0 Å². The van der Waals surface area contributed by atoms with Crippen molar-refractivity contribution >= 4 is 40.4 Å². The molecule has 7 heteroatoms. The van der Waals surface area contributed by atoms with Gasteiger partial charge in [0.05, 0.1) is 17.7 Å². The standard InChI is InChI=1S/C30H31ClN2O4/c1-5-32(6-2)23-14-10-20(11-15-23)27-26(28(34)21-8-7-9-25(18-21)37-19(3)4)29(35)30(36)33(27)24-16-12-22(31)13-17-24/h7-19,27,34H,5-6H2,1-4H3/b28-26-. The van der Waals surface area contributed by atoms with Gasteiger partial charge in [-0.15, -0.1) is 0 Å². The molecule has 0 aromatic heterocycles. The topological polar surface area (TPSA) is 70.1 Å². The molecule has 1 unspecified atom stereocenters. The Morgan fingerprint density at radius 2 is 1.65 bits per heavy atom. The van der Waals surface area contributed by atoms with Gasteiger partial charge in [0.2, 0.25) is 0 Å². The number of rotatable bonds is 8. The molecule has 0 spiro atoms. The first-order chi connectivity index (χ1) is 17.7. The zero-order chi connectivity index (χ0) is 26.7. The van der Waals surface area contributed by atoms with E-state index in [0.29, 0.717) is 27.6 Å². The quantitative estimate of drug-likeness (QED) is 0.207. The molecular formula is C30H31ClN2O4. The number of ketones is 1. The van der Waals surface area contributed by atoms with Crippen LogP contribution >= 0.6 is 11.6 Å². The number of hydrogen-bond donors (Lipinski definition) is 1. The van der Waals surface area contributed by atoms with Crippen LogP contribution in [0.5, 0.6) is 5.75 Å². The molecule has 0 aliphatic carbocycles. The number of aliphatic hydroxyl groups is 1. The number of ether oxygens (including phenoxy) is 1. The number of amides is 1. The molecule has 1 aliphatic rings. The van der Waals surface area contributed by atoms with Crippen molar-refractivity contribution in [3.63, 3.8) is 0 Å². The fourth-order valence-corrected chi connectivity index (χ4v) is 4.74. The number of aliphatic hydroxyl groups excluding tert-OH is 1. The van der Waals surface area contributed by atoms with Crippen molar-refractivity contribution < 1.29 is 19.4 Å². The number of carbonyl (C=O) groups is 2. The fraction of sp³-hybridized carbons (Fsp3) is 0.267. The third-order valence-corrected chi connectivity index (χ3v) is 6.62. The monoisotopic (exact) mass is 518 g/mol. The second kappa shape index (κ2) is 11.1. The highest BCUT2D eigenvalue weighted by Gasteiger charge is 2.47. The Labute approximate surface area is 222 Å². The summed E-state index contributed by atoms with van der Waals surface area (Å²) in [4.78, 5) is 30.4. The van der Waals surface area contributed by atoms with E-state index in [0.717, 1.165) is 18.8 Å². The first-order valence-corrected chi connectivity index (χ1v) is 12.8. The van der Waals surface area contributed by atoms with Crippen LogP contribution in [0.1, 0.15) is 44.9 Å². The summed E-state index contributed by atoms with van der Waals surface area (Å²) in [6.07, 6.45) is -0.0581. The summed E-state index contributed by atoms with van der Waals surface area (Å²) in [5.74, 6) is -1.15. The molecule has 1 fully saturated rings. The van der Waals surface area contributed by atoms with Gasteiger partial charge in [0.1, 0.15) is 11.5 Å². The summed E-state index contributed by atoms with van der Waals surface area (Å²) >= 11 is 6.08. The molecule has 1 N–H and O–H groups in total. The molecular weight excluding hydrogens is 488 g/mol. The number of halogens is 1. The predicted molar refractivity (Wildman–Crippen MR) is 148 cm³/mol. The fourth-order valence-electron chi connectivity index (χ4n) is 4.62. The largest absolute Gasteiger partial charge is 0.507 e. The van der Waals surface area contributed by atoms with Crippen molar-refractivity contribution in [2.24, 2.45) is 0 Å². The van der Waals surface area contributed by atoms with E-state index in [9.17, 15) is 14.7 Å². The second-order valence-electron chi connectivity index (χ2n) is 9.10. The number of anilines is 2. The van der Waals surface area contributed by atoms with Crippen LogP contribution in [0.3, 0.4) is 0 Å². The lowest BCUT2D eigenvalue weighted by molar-refractivity contribution is -0.132. The highest BCUT2D eigenvalue weighted by molar-refractivity contribution is 6.51. The molecule has 0 radical (unpaired) electrons. The minimum Gasteiger partial charge on any atom is -0.507 e. The highest BCUT2D eigenvalue weighted by Crippen LogP contribution is 2.43. The first kappa shape index (κ1) is 26.3. The van der Waals surface area contributed by atoms with Crippen LogP contribution in [-0.4, -0.2) is 36.0 Å². The van der Waals surface area contributed by atoms with E-state index in [2.05, 4.69) is 18.7 Å². The number of hydrogen-bond acceptors (Lipinski definition) is 5. The molecule has 3 aromatic carbocycles. The van der Waals surface area contributed by atoms with Crippen LogP contribution in [0.2, 0.25) is 5.02 Å². The normalized spacial score (nSPS) is 16.9. The van der Waals surface area contributed by atoms with Crippen molar-refractivity contribution in [3.05, 3.63) is 94.5 Å². The van der Waals surface area contributed by atoms with Crippen molar-refractivity contribution in [1.82, 2.24) is 0 Å². The van der Waals surface area contributed by atoms with Gasteiger partial charge in [-0.1, -0.05) is 35.9 Å². The lowest BCUT2D eigenvalue weighted by atomic mass is 9.94. The zero-order valence-corrected chi connectivity index (χ0v) is 22.2. The van der Waals surface area contributed by atoms with E-state index >= 15 is 0 Å². The Hall–Kier alpha value is -3.77. The Kier molecular flexibility index (Phi) is 7.89. The summed E-state index contributed by atoms with van der Waals surface area (Å²) in [6.45, 7) is 9.70. The molecule has 1 heterocycles. The van der Waals surface area contributed by atoms with Gasteiger partial charge >= 0.3 is 0 Å². The van der Waals surface area contributed by atoms with Crippen LogP contribution in [0.25, 0.3) is 5.76 Å². The van der Waals surface area contributed by atoms with E-state index in [1.54, 1.807) is 48.5 Å². The Bertz CT molecular complexity index is 1310. The third kappa shape index (κ3) is 5.35. The molecule has 1 amide bonds. The van der Waals surface area contributed by atoms with Gasteiger partial charge in [-0.2, -0.15) is 0 Å². The summed E-state index contributed by atoms with van der Waals surface area (Å²) in [7, 11) is 0. The number of Topliss-reactive ketones (excluding diaryl/α,β-unsaturated/α-hetero) is 1. The van der Waals surface area contributed by atoms with Gasteiger partial charge in [0.15, 0.2) is 0 Å². The van der Waals surface area contributed by atoms with Crippen LogP contribution in [0.4, 0.5) is 11.4 Å². The molecule has 1 saturated heterocycles. The van der Waals surface area contributed by atoms with Gasteiger partial charge in [-0.05, 0) is 81.8 Å². The predicted octanol–water partition coefficient (Wildman–Crippen LogP) is 6.60. The van der Waals surface area contributed by atoms with Crippen molar-refractivity contribution in [2.75, 3.05) is 22.9 Å². The smallest absolute Gasteiger partial charge is 0.300 e. The Balaban J connectivity index is 1.87. The number of carbonyl (C=O) groups excluding carboxylic acids is 2. The van der Waals surface area contributed by atoms with Gasteiger partial charge in [-0.25, -0.2) is 0 Å². The molecule has 3 aromatic rings. The Morgan fingerprint density at radius 3 is 2.24 bits per heavy atom. The summed E-state index contributed by atoms with van der Waals surface area (Å²) in [5, 5.41) is 11.9. The maximum Gasteiger partial charge on any atom is 0.300 e. The molecule has 0 bridgehead atoms. The summed E-state index contributed by atoms with van der Waals surface area (Å²) < 4.78 is 5.77. The second-order valence-corrected chi connectivity index (χ2v) is 9.54. The molecule has 4 rings (SSSR count). The van der Waals surface area contributed by atoms with E-state index in [4.69, 9.17) is 16.3 Å². The number of nitrogens with zero attached hydrogens (tertiary/aromatic N) is 2. The molecule has 37 heavy (non-hydrogen) atoms. The SMILES string of the molecule is CCN(CC)c1ccc(C2/C(=C(/O)c3cccc(OC(C)C)c3)C(=O)C(=O)N2c2ccc(Cl)cc2)cc1. The van der Waals surface area contributed by atoms with Gasteiger partial charge in [-0.3, -0.25) is 14.5 Å². The Morgan fingerprint density at radius 1 is 1.00 bits per heavy atom. The van der Waals surface area contributed by atoms with Crippen LogP contribution in [-0.2, 0) is 9.59 Å². The zero-order valence-electron chi connectivity index (χ0n) is 21.4. The van der Waals surface area contributed by atoms with E-state index < -0.39 is 17.7 Å². The molecule has 1 aliphatic heterocycles. The molecule has 0 saturated carbocycles. The third-order valence-electron chi connectivity index (χ3n) is 6.37. The molecule has 192 valence electrons. The van der Waals surface area contributed by atoms with E-state index in [-0.39, 0.29) is 17.4 Å². The summed E-state index contributed by atoms with van der Waals surface area (Å²) in [6, 6.07) is 20.6. The summed E-state index contributed by atoms with van der Waals surface area (Å²) in [5.41, 5.74) is 2.69. The highest BCUT2D eigenvalue weighted by atomic mass is 35.5. The molecule has 1 atom stereocenters. The van der Waals surface area contributed by atoms with Crippen LogP contribution < -0.4 is 14.5 Å². The van der Waals surface area contributed by atoms with Gasteiger partial charge in [0, 0.05) is 35.1 Å². The number of benzene rings is 3. The van der Waals surface area contributed by atoms with Crippen molar-refractivity contribution in [2.45, 2.75) is 39.8 Å². The minimum atomic E-state index is -0.818.